The largest absolute Gasteiger partial charge is 0.497 e. The molecule has 6 nitrogen and oxygen atoms in total. The second kappa shape index (κ2) is 9.07. The SMILES string of the molecule is COc1ccc(-c2[nH]ncc2CN2CCN(C3CCCC3)C(CCO)C2)cc1. The topological polar surface area (TPSA) is 64.6 Å². The Morgan fingerprint density at radius 2 is 1.96 bits per heavy atom. The molecule has 2 heterocycles. The molecule has 0 bridgehead atoms. The number of ether oxygens (including phenoxy) is 1. The van der Waals surface area contributed by atoms with Crippen LogP contribution in [0.1, 0.15) is 37.7 Å². The van der Waals surface area contributed by atoms with E-state index in [4.69, 9.17) is 4.74 Å². The van der Waals surface area contributed by atoms with Gasteiger partial charge in [-0.2, -0.15) is 5.10 Å². The lowest BCUT2D eigenvalue weighted by Crippen LogP contribution is -2.56. The van der Waals surface area contributed by atoms with Gasteiger partial charge in [-0.25, -0.2) is 0 Å². The number of nitrogens with zero attached hydrogens (tertiary/aromatic N) is 3. The third kappa shape index (κ3) is 4.24. The lowest BCUT2D eigenvalue weighted by molar-refractivity contribution is 0.0268. The molecule has 1 aromatic heterocycles. The quantitative estimate of drug-likeness (QED) is 0.768. The predicted octanol–water partition coefficient (Wildman–Crippen LogP) is 2.90. The van der Waals surface area contributed by atoms with Crippen molar-refractivity contribution in [2.45, 2.75) is 50.7 Å². The monoisotopic (exact) mass is 384 g/mol. The van der Waals surface area contributed by atoms with E-state index in [0.29, 0.717) is 6.04 Å². The zero-order valence-electron chi connectivity index (χ0n) is 16.8. The van der Waals surface area contributed by atoms with Crippen molar-refractivity contribution in [3.63, 3.8) is 0 Å². The van der Waals surface area contributed by atoms with Crippen LogP contribution in [0, 0.1) is 0 Å². The Morgan fingerprint density at radius 3 is 2.68 bits per heavy atom. The number of aliphatic hydroxyl groups excluding tert-OH is 1. The first-order chi connectivity index (χ1) is 13.8. The Hall–Kier alpha value is -1.89. The summed E-state index contributed by atoms with van der Waals surface area (Å²) in [5, 5.41) is 17.1. The van der Waals surface area contributed by atoms with Crippen molar-refractivity contribution in [2.24, 2.45) is 0 Å². The van der Waals surface area contributed by atoms with Crippen LogP contribution in [-0.2, 0) is 6.54 Å². The summed E-state index contributed by atoms with van der Waals surface area (Å²) in [6.07, 6.45) is 8.18. The number of rotatable bonds is 7. The summed E-state index contributed by atoms with van der Waals surface area (Å²) in [5.74, 6) is 0.861. The third-order valence-electron chi connectivity index (χ3n) is 6.36. The number of aromatic amines is 1. The standard InChI is InChI=1S/C22H32N4O2/c1-28-21-8-6-17(7-9-21)22-18(14-23-24-22)15-25-11-12-26(19-4-2-3-5-19)20(16-25)10-13-27/h6-9,14,19-20,27H,2-5,10-13,15-16H2,1H3,(H,23,24). The van der Waals surface area contributed by atoms with Gasteiger partial charge in [0.25, 0.3) is 0 Å². The molecule has 1 atom stereocenters. The molecular weight excluding hydrogens is 352 g/mol. The van der Waals surface area contributed by atoms with Crippen LogP contribution in [0.4, 0.5) is 0 Å². The number of nitrogens with one attached hydrogen (secondary N) is 1. The van der Waals surface area contributed by atoms with Gasteiger partial charge in [-0.1, -0.05) is 12.8 Å². The number of methoxy groups -OCH3 is 1. The van der Waals surface area contributed by atoms with E-state index in [1.807, 2.05) is 18.3 Å². The molecule has 2 aromatic rings. The summed E-state index contributed by atoms with van der Waals surface area (Å²) < 4.78 is 5.27. The number of H-pyrrole nitrogens is 1. The smallest absolute Gasteiger partial charge is 0.118 e. The average molecular weight is 385 g/mol. The summed E-state index contributed by atoms with van der Waals surface area (Å²) in [6.45, 7) is 4.35. The van der Waals surface area contributed by atoms with Crippen LogP contribution < -0.4 is 4.74 Å². The molecule has 0 spiro atoms. The van der Waals surface area contributed by atoms with Gasteiger partial charge in [-0.3, -0.25) is 14.9 Å². The maximum Gasteiger partial charge on any atom is 0.118 e. The second-order valence-corrected chi connectivity index (χ2v) is 8.08. The highest BCUT2D eigenvalue weighted by atomic mass is 16.5. The molecule has 1 unspecified atom stereocenters. The van der Waals surface area contributed by atoms with Crippen molar-refractivity contribution in [3.8, 4) is 17.0 Å². The van der Waals surface area contributed by atoms with Crippen molar-refractivity contribution < 1.29 is 9.84 Å². The lowest BCUT2D eigenvalue weighted by atomic mass is 10.0. The fourth-order valence-electron chi connectivity index (χ4n) is 4.88. The zero-order valence-corrected chi connectivity index (χ0v) is 16.8. The van der Waals surface area contributed by atoms with Crippen LogP contribution >= 0.6 is 0 Å². The molecule has 6 heteroatoms. The molecule has 0 amide bonds. The van der Waals surface area contributed by atoms with Crippen molar-refractivity contribution in [1.82, 2.24) is 20.0 Å². The van der Waals surface area contributed by atoms with Crippen LogP contribution in [0.2, 0.25) is 0 Å². The van der Waals surface area contributed by atoms with Crippen LogP contribution in [0.5, 0.6) is 5.75 Å². The van der Waals surface area contributed by atoms with Gasteiger partial charge in [-0.15, -0.1) is 0 Å². The van der Waals surface area contributed by atoms with E-state index in [0.717, 1.165) is 55.6 Å². The number of piperazine rings is 1. The van der Waals surface area contributed by atoms with Crippen molar-refractivity contribution in [2.75, 3.05) is 33.4 Å². The summed E-state index contributed by atoms with van der Waals surface area (Å²) in [6, 6.07) is 9.29. The molecule has 2 aliphatic rings. The highest BCUT2D eigenvalue weighted by Gasteiger charge is 2.33. The minimum Gasteiger partial charge on any atom is -0.497 e. The molecule has 0 radical (unpaired) electrons. The van der Waals surface area contributed by atoms with Gasteiger partial charge < -0.3 is 9.84 Å². The molecule has 1 aliphatic heterocycles. The minimum atomic E-state index is 0.268. The molecule has 4 rings (SSSR count). The molecule has 2 fully saturated rings. The highest BCUT2D eigenvalue weighted by molar-refractivity contribution is 5.63. The van der Waals surface area contributed by atoms with Crippen LogP contribution in [0.25, 0.3) is 11.3 Å². The Bertz CT molecular complexity index is 739. The molecule has 1 aliphatic carbocycles. The Balaban J connectivity index is 1.44. The Morgan fingerprint density at radius 1 is 1.18 bits per heavy atom. The third-order valence-corrected chi connectivity index (χ3v) is 6.36. The van der Waals surface area contributed by atoms with E-state index < -0.39 is 0 Å². The van der Waals surface area contributed by atoms with Gasteiger partial charge in [-0.05, 0) is 43.5 Å². The van der Waals surface area contributed by atoms with Crippen LogP contribution in [-0.4, -0.2) is 70.5 Å². The molecule has 1 aromatic carbocycles. The fourth-order valence-corrected chi connectivity index (χ4v) is 4.88. The van der Waals surface area contributed by atoms with Crippen LogP contribution in [0.15, 0.2) is 30.5 Å². The summed E-state index contributed by atoms with van der Waals surface area (Å²) in [4.78, 5) is 5.20. The normalized spacial score (nSPS) is 22.0. The Kier molecular flexibility index (Phi) is 6.29. The highest BCUT2D eigenvalue weighted by Crippen LogP contribution is 2.29. The number of hydrogen-bond donors (Lipinski definition) is 2. The molecule has 2 N–H and O–H groups in total. The summed E-state index contributed by atoms with van der Waals surface area (Å²) >= 11 is 0. The minimum absolute atomic E-state index is 0.268. The number of hydrogen-bond acceptors (Lipinski definition) is 5. The predicted molar refractivity (Wildman–Crippen MR) is 110 cm³/mol. The van der Waals surface area contributed by atoms with Crippen LogP contribution in [0.3, 0.4) is 0 Å². The molecule has 1 saturated carbocycles. The number of aliphatic hydroxyl groups is 1. The second-order valence-electron chi connectivity index (χ2n) is 8.08. The van der Waals surface area contributed by atoms with E-state index in [2.05, 4.69) is 32.1 Å². The van der Waals surface area contributed by atoms with Gasteiger partial charge in [0.15, 0.2) is 0 Å². The molecule has 152 valence electrons. The number of aromatic nitrogens is 2. The Labute approximate surface area is 167 Å². The first-order valence-electron chi connectivity index (χ1n) is 10.5. The van der Waals surface area contributed by atoms with E-state index in [-0.39, 0.29) is 6.61 Å². The van der Waals surface area contributed by atoms with Gasteiger partial charge >= 0.3 is 0 Å². The van der Waals surface area contributed by atoms with Gasteiger partial charge in [0.2, 0.25) is 0 Å². The zero-order chi connectivity index (χ0) is 19.3. The summed E-state index contributed by atoms with van der Waals surface area (Å²) in [5.41, 5.74) is 3.44. The van der Waals surface area contributed by atoms with E-state index in [1.165, 1.54) is 31.2 Å². The van der Waals surface area contributed by atoms with Crippen molar-refractivity contribution in [3.05, 3.63) is 36.0 Å². The summed E-state index contributed by atoms with van der Waals surface area (Å²) in [7, 11) is 1.69. The van der Waals surface area contributed by atoms with E-state index in [9.17, 15) is 5.11 Å². The van der Waals surface area contributed by atoms with E-state index >= 15 is 0 Å². The number of benzene rings is 1. The van der Waals surface area contributed by atoms with Gasteiger partial charge in [0.05, 0.1) is 19.0 Å². The first kappa shape index (κ1) is 19.4. The lowest BCUT2D eigenvalue weighted by Gasteiger charge is -2.44. The molecule has 28 heavy (non-hydrogen) atoms. The van der Waals surface area contributed by atoms with Gasteiger partial charge in [0, 0.05) is 56.0 Å². The first-order valence-corrected chi connectivity index (χ1v) is 10.5. The molecule has 1 saturated heterocycles. The molecular formula is C22H32N4O2. The maximum atomic E-state index is 9.59. The average Bonchev–Trinajstić information content (AvgIpc) is 3.41. The maximum absolute atomic E-state index is 9.59. The van der Waals surface area contributed by atoms with E-state index in [1.54, 1.807) is 7.11 Å². The fraction of sp³-hybridized carbons (Fsp3) is 0.591. The van der Waals surface area contributed by atoms with Gasteiger partial charge in [0.1, 0.15) is 5.75 Å². The van der Waals surface area contributed by atoms with Crippen molar-refractivity contribution in [1.29, 1.82) is 0 Å². The van der Waals surface area contributed by atoms with Crippen molar-refractivity contribution >= 4 is 0 Å².